The molecule has 1 aromatic rings. The zero-order valence-electron chi connectivity index (χ0n) is 9.08. The fourth-order valence-corrected chi connectivity index (χ4v) is 1.74. The van der Waals surface area contributed by atoms with Crippen LogP contribution in [0.2, 0.25) is 0 Å². The summed E-state index contributed by atoms with van der Waals surface area (Å²) in [7, 11) is 0. The molecule has 15 heavy (non-hydrogen) atoms. The lowest BCUT2D eigenvalue weighted by molar-refractivity contribution is 0.112. The first kappa shape index (κ1) is 9.97. The standard InChI is InChI=1S/C13H15NO/c1-13(2)7-12(14-9-13)11-5-3-10(8-15)4-6-11/h3-8,14H,9H2,1-2H3. The number of hydrogen-bond donors (Lipinski definition) is 1. The fraction of sp³-hybridized carbons (Fsp3) is 0.308. The van der Waals surface area contributed by atoms with Gasteiger partial charge in [-0.1, -0.05) is 44.2 Å². The maximum absolute atomic E-state index is 10.5. The van der Waals surface area contributed by atoms with Crippen molar-refractivity contribution in [2.75, 3.05) is 6.54 Å². The van der Waals surface area contributed by atoms with E-state index >= 15 is 0 Å². The maximum atomic E-state index is 10.5. The minimum atomic E-state index is 0.221. The zero-order valence-corrected chi connectivity index (χ0v) is 9.08. The summed E-state index contributed by atoms with van der Waals surface area (Å²) in [6, 6.07) is 7.64. The van der Waals surface area contributed by atoms with Crippen molar-refractivity contribution in [3.05, 3.63) is 41.5 Å². The molecule has 0 bridgehead atoms. The van der Waals surface area contributed by atoms with E-state index in [-0.39, 0.29) is 5.41 Å². The Morgan fingerprint density at radius 1 is 1.27 bits per heavy atom. The Hall–Kier alpha value is -1.57. The van der Waals surface area contributed by atoms with Crippen LogP contribution in [0.1, 0.15) is 29.8 Å². The third-order valence-corrected chi connectivity index (χ3v) is 2.63. The first-order valence-electron chi connectivity index (χ1n) is 5.13. The molecule has 1 aliphatic heterocycles. The van der Waals surface area contributed by atoms with E-state index in [1.807, 2.05) is 24.3 Å². The highest BCUT2D eigenvalue weighted by Crippen LogP contribution is 2.28. The number of carbonyl (C=O) groups excluding carboxylic acids is 1. The van der Waals surface area contributed by atoms with E-state index in [9.17, 15) is 4.79 Å². The summed E-state index contributed by atoms with van der Waals surface area (Å²) in [5.74, 6) is 0. The molecule has 0 atom stereocenters. The molecular weight excluding hydrogens is 186 g/mol. The van der Waals surface area contributed by atoms with Gasteiger partial charge in [0.1, 0.15) is 6.29 Å². The van der Waals surface area contributed by atoms with Gasteiger partial charge in [0, 0.05) is 23.2 Å². The highest BCUT2D eigenvalue weighted by Gasteiger charge is 2.22. The predicted molar refractivity (Wildman–Crippen MR) is 61.6 cm³/mol. The summed E-state index contributed by atoms with van der Waals surface area (Å²) in [6.07, 6.45) is 3.10. The largest absolute Gasteiger partial charge is 0.384 e. The normalized spacial score (nSPS) is 18.1. The Bertz CT molecular complexity index is 401. The second kappa shape index (κ2) is 3.54. The molecular formula is C13H15NO. The molecule has 0 saturated heterocycles. The number of benzene rings is 1. The van der Waals surface area contributed by atoms with Crippen LogP contribution in [0.25, 0.3) is 5.70 Å². The third-order valence-electron chi connectivity index (χ3n) is 2.63. The van der Waals surface area contributed by atoms with Crippen LogP contribution in [0.3, 0.4) is 0 Å². The van der Waals surface area contributed by atoms with E-state index in [2.05, 4.69) is 25.2 Å². The van der Waals surface area contributed by atoms with Crippen LogP contribution in [-0.2, 0) is 0 Å². The molecule has 0 fully saturated rings. The van der Waals surface area contributed by atoms with Gasteiger partial charge >= 0.3 is 0 Å². The van der Waals surface area contributed by atoms with Gasteiger partial charge in [-0.05, 0) is 5.56 Å². The van der Waals surface area contributed by atoms with E-state index in [0.717, 1.165) is 29.7 Å². The van der Waals surface area contributed by atoms with Crippen LogP contribution in [-0.4, -0.2) is 12.8 Å². The van der Waals surface area contributed by atoms with Gasteiger partial charge in [0.2, 0.25) is 0 Å². The summed E-state index contributed by atoms with van der Waals surface area (Å²) in [5, 5.41) is 3.37. The Kier molecular flexibility index (Phi) is 2.35. The van der Waals surface area contributed by atoms with Crippen LogP contribution in [0.5, 0.6) is 0 Å². The van der Waals surface area contributed by atoms with E-state index < -0.39 is 0 Å². The molecule has 2 rings (SSSR count). The Morgan fingerprint density at radius 2 is 1.93 bits per heavy atom. The van der Waals surface area contributed by atoms with E-state index in [4.69, 9.17) is 0 Å². The van der Waals surface area contributed by atoms with Gasteiger partial charge in [-0.2, -0.15) is 0 Å². The van der Waals surface area contributed by atoms with Gasteiger partial charge < -0.3 is 5.32 Å². The third kappa shape index (κ3) is 2.09. The van der Waals surface area contributed by atoms with Gasteiger partial charge in [-0.15, -0.1) is 0 Å². The predicted octanol–water partition coefficient (Wildman–Crippen LogP) is 2.47. The highest BCUT2D eigenvalue weighted by atomic mass is 16.1. The Labute approximate surface area is 90.0 Å². The molecule has 0 amide bonds. The molecule has 0 spiro atoms. The second-order valence-electron chi connectivity index (χ2n) is 4.64. The van der Waals surface area contributed by atoms with Gasteiger partial charge in [0.15, 0.2) is 0 Å². The average molecular weight is 201 g/mol. The topological polar surface area (TPSA) is 29.1 Å². The van der Waals surface area contributed by atoms with Crippen LogP contribution in [0.15, 0.2) is 30.3 Å². The van der Waals surface area contributed by atoms with Gasteiger partial charge in [-0.25, -0.2) is 0 Å². The number of carbonyl (C=O) groups is 1. The molecule has 1 heterocycles. The van der Waals surface area contributed by atoms with E-state index in [0.29, 0.717) is 0 Å². The summed E-state index contributed by atoms with van der Waals surface area (Å²) in [4.78, 5) is 10.5. The summed E-state index contributed by atoms with van der Waals surface area (Å²) >= 11 is 0. The molecule has 2 heteroatoms. The first-order valence-corrected chi connectivity index (χ1v) is 5.13. The van der Waals surface area contributed by atoms with Crippen LogP contribution < -0.4 is 5.32 Å². The molecule has 0 aromatic heterocycles. The second-order valence-corrected chi connectivity index (χ2v) is 4.64. The van der Waals surface area contributed by atoms with Crippen molar-refractivity contribution in [2.24, 2.45) is 5.41 Å². The number of aldehydes is 1. The molecule has 1 aromatic carbocycles. The van der Waals surface area contributed by atoms with Crippen molar-refractivity contribution in [1.82, 2.24) is 5.32 Å². The van der Waals surface area contributed by atoms with Crippen LogP contribution in [0.4, 0.5) is 0 Å². The van der Waals surface area contributed by atoms with Crippen molar-refractivity contribution >= 4 is 12.0 Å². The Balaban J connectivity index is 2.28. The number of nitrogens with one attached hydrogen (secondary N) is 1. The fourth-order valence-electron chi connectivity index (χ4n) is 1.74. The lowest BCUT2D eigenvalue weighted by atomic mass is 9.95. The van der Waals surface area contributed by atoms with Gasteiger partial charge in [-0.3, -0.25) is 4.79 Å². The summed E-state index contributed by atoms with van der Waals surface area (Å²) in [5.41, 5.74) is 3.25. The smallest absolute Gasteiger partial charge is 0.150 e. The molecule has 1 aliphatic rings. The van der Waals surface area contributed by atoms with Crippen molar-refractivity contribution in [2.45, 2.75) is 13.8 Å². The van der Waals surface area contributed by atoms with Gasteiger partial charge in [0.05, 0.1) is 0 Å². The molecule has 78 valence electrons. The zero-order chi connectivity index (χ0) is 10.9. The number of hydrogen-bond acceptors (Lipinski definition) is 2. The first-order chi connectivity index (χ1) is 7.11. The average Bonchev–Trinajstić information content (AvgIpc) is 2.59. The van der Waals surface area contributed by atoms with Crippen LogP contribution >= 0.6 is 0 Å². The van der Waals surface area contributed by atoms with Crippen molar-refractivity contribution in [3.8, 4) is 0 Å². The lowest BCUT2D eigenvalue weighted by Crippen LogP contribution is -2.17. The minimum Gasteiger partial charge on any atom is -0.384 e. The minimum absolute atomic E-state index is 0.221. The van der Waals surface area contributed by atoms with Gasteiger partial charge in [0.25, 0.3) is 0 Å². The van der Waals surface area contributed by atoms with Crippen LogP contribution in [0, 0.1) is 5.41 Å². The summed E-state index contributed by atoms with van der Waals surface area (Å²) < 4.78 is 0. The molecule has 0 unspecified atom stereocenters. The quantitative estimate of drug-likeness (QED) is 0.745. The molecule has 0 aliphatic carbocycles. The molecule has 1 N–H and O–H groups in total. The SMILES string of the molecule is CC1(C)C=C(c2ccc(C=O)cc2)NC1. The van der Waals surface area contributed by atoms with Crippen molar-refractivity contribution in [3.63, 3.8) is 0 Å². The summed E-state index contributed by atoms with van der Waals surface area (Å²) in [6.45, 7) is 5.37. The number of rotatable bonds is 2. The lowest BCUT2D eigenvalue weighted by Gasteiger charge is -2.11. The Morgan fingerprint density at radius 3 is 2.40 bits per heavy atom. The maximum Gasteiger partial charge on any atom is 0.150 e. The molecule has 0 saturated carbocycles. The molecule has 0 radical (unpaired) electrons. The van der Waals surface area contributed by atoms with Crippen molar-refractivity contribution < 1.29 is 4.79 Å². The molecule has 2 nitrogen and oxygen atoms in total. The van der Waals surface area contributed by atoms with Crippen molar-refractivity contribution in [1.29, 1.82) is 0 Å². The monoisotopic (exact) mass is 201 g/mol. The van der Waals surface area contributed by atoms with E-state index in [1.165, 1.54) is 0 Å². The highest BCUT2D eigenvalue weighted by molar-refractivity contribution is 5.76. The van der Waals surface area contributed by atoms with E-state index in [1.54, 1.807) is 0 Å².